The number of nitrogens with one attached hydrogen (secondary N) is 1. The summed E-state index contributed by atoms with van der Waals surface area (Å²) < 4.78 is 5.84. The molecule has 0 aliphatic carbocycles. The standard InChI is InChI=1S/C16H29N3O/c1-5-19(6-2)10-11-20-16-15(8-7-9-18-16)13-17-12-14(3)4/h7-9,14,17H,5-6,10-13H2,1-4H3. The van der Waals surface area contributed by atoms with Crippen LogP contribution in [0.2, 0.25) is 0 Å². The maximum Gasteiger partial charge on any atom is 0.217 e. The summed E-state index contributed by atoms with van der Waals surface area (Å²) in [6.45, 7) is 14.3. The summed E-state index contributed by atoms with van der Waals surface area (Å²) in [7, 11) is 0. The zero-order valence-electron chi connectivity index (χ0n) is 13.4. The van der Waals surface area contributed by atoms with Crippen LogP contribution >= 0.6 is 0 Å². The van der Waals surface area contributed by atoms with E-state index < -0.39 is 0 Å². The Morgan fingerprint density at radius 1 is 1.30 bits per heavy atom. The van der Waals surface area contributed by atoms with Gasteiger partial charge in [0.1, 0.15) is 6.61 Å². The number of hydrogen-bond donors (Lipinski definition) is 1. The van der Waals surface area contributed by atoms with Gasteiger partial charge in [-0.3, -0.25) is 0 Å². The number of aromatic nitrogens is 1. The summed E-state index contributed by atoms with van der Waals surface area (Å²) in [5.74, 6) is 1.41. The predicted octanol–water partition coefficient (Wildman–Crippen LogP) is 2.55. The zero-order chi connectivity index (χ0) is 14.8. The van der Waals surface area contributed by atoms with Gasteiger partial charge in [0.25, 0.3) is 0 Å². The first-order valence-corrected chi connectivity index (χ1v) is 7.67. The summed E-state index contributed by atoms with van der Waals surface area (Å²) in [5.41, 5.74) is 1.13. The van der Waals surface area contributed by atoms with Crippen LogP contribution in [0.25, 0.3) is 0 Å². The lowest BCUT2D eigenvalue weighted by molar-refractivity contribution is 0.216. The highest BCUT2D eigenvalue weighted by Crippen LogP contribution is 2.14. The van der Waals surface area contributed by atoms with Gasteiger partial charge in [-0.1, -0.05) is 33.8 Å². The molecule has 1 aromatic heterocycles. The lowest BCUT2D eigenvalue weighted by Gasteiger charge is -2.18. The zero-order valence-corrected chi connectivity index (χ0v) is 13.4. The first-order chi connectivity index (χ1) is 9.67. The minimum absolute atomic E-state index is 0.652. The van der Waals surface area contributed by atoms with Crippen LogP contribution in [0.1, 0.15) is 33.3 Å². The van der Waals surface area contributed by atoms with Crippen molar-refractivity contribution in [3.63, 3.8) is 0 Å². The SMILES string of the molecule is CCN(CC)CCOc1ncccc1CNCC(C)C. The van der Waals surface area contributed by atoms with Crippen LogP contribution in [0.5, 0.6) is 5.88 Å². The molecule has 1 rings (SSSR count). The van der Waals surface area contributed by atoms with Crippen LogP contribution in [0.15, 0.2) is 18.3 Å². The van der Waals surface area contributed by atoms with Crippen LogP contribution in [0.3, 0.4) is 0 Å². The molecule has 0 atom stereocenters. The van der Waals surface area contributed by atoms with E-state index in [9.17, 15) is 0 Å². The van der Waals surface area contributed by atoms with Gasteiger partial charge >= 0.3 is 0 Å². The summed E-state index contributed by atoms with van der Waals surface area (Å²) in [4.78, 5) is 6.69. The lowest BCUT2D eigenvalue weighted by atomic mass is 10.2. The molecule has 0 aliphatic rings. The maximum absolute atomic E-state index is 5.84. The topological polar surface area (TPSA) is 37.4 Å². The van der Waals surface area contributed by atoms with Crippen molar-refractivity contribution >= 4 is 0 Å². The smallest absolute Gasteiger partial charge is 0.217 e. The van der Waals surface area contributed by atoms with Gasteiger partial charge in [-0.15, -0.1) is 0 Å². The number of ether oxygens (including phenoxy) is 1. The molecule has 0 saturated heterocycles. The fourth-order valence-corrected chi connectivity index (χ4v) is 2.00. The van der Waals surface area contributed by atoms with E-state index in [1.54, 1.807) is 6.20 Å². The van der Waals surface area contributed by atoms with E-state index in [1.807, 2.05) is 6.07 Å². The third-order valence-corrected chi connectivity index (χ3v) is 3.26. The van der Waals surface area contributed by atoms with Gasteiger partial charge in [0.05, 0.1) is 0 Å². The van der Waals surface area contributed by atoms with Gasteiger partial charge in [-0.05, 0) is 31.6 Å². The highest BCUT2D eigenvalue weighted by molar-refractivity contribution is 5.25. The summed E-state index contributed by atoms with van der Waals surface area (Å²) in [6.07, 6.45) is 1.79. The largest absolute Gasteiger partial charge is 0.476 e. The number of hydrogen-bond acceptors (Lipinski definition) is 4. The van der Waals surface area contributed by atoms with Gasteiger partial charge in [0, 0.05) is 24.8 Å². The minimum Gasteiger partial charge on any atom is -0.476 e. The quantitative estimate of drug-likeness (QED) is 0.714. The molecule has 0 bridgehead atoms. The molecule has 0 fully saturated rings. The third-order valence-electron chi connectivity index (χ3n) is 3.26. The van der Waals surface area contributed by atoms with Gasteiger partial charge < -0.3 is 15.0 Å². The number of nitrogens with zero attached hydrogens (tertiary/aromatic N) is 2. The molecule has 0 unspecified atom stereocenters. The molecule has 0 aromatic carbocycles. The van der Waals surface area contributed by atoms with E-state index in [4.69, 9.17) is 4.74 Å². The number of likely N-dealkylation sites (N-methyl/N-ethyl adjacent to an activating group) is 1. The molecule has 4 heteroatoms. The van der Waals surface area contributed by atoms with Crippen molar-refractivity contribution in [1.29, 1.82) is 0 Å². The Hall–Kier alpha value is -1.13. The molecule has 0 saturated carbocycles. The minimum atomic E-state index is 0.652. The van der Waals surface area contributed by atoms with Crippen molar-refractivity contribution in [2.75, 3.05) is 32.8 Å². The Balaban J connectivity index is 2.44. The molecule has 1 aromatic rings. The van der Waals surface area contributed by atoms with E-state index in [1.165, 1.54) is 0 Å². The van der Waals surface area contributed by atoms with Crippen molar-refractivity contribution < 1.29 is 4.74 Å². The van der Waals surface area contributed by atoms with Crippen LogP contribution in [0.4, 0.5) is 0 Å². The van der Waals surface area contributed by atoms with Crippen LogP contribution < -0.4 is 10.1 Å². The fraction of sp³-hybridized carbons (Fsp3) is 0.688. The average Bonchev–Trinajstić information content (AvgIpc) is 2.45. The van der Waals surface area contributed by atoms with Crippen LogP contribution in [0, 0.1) is 5.92 Å². The molecule has 0 radical (unpaired) electrons. The number of rotatable bonds is 10. The van der Waals surface area contributed by atoms with E-state index in [0.29, 0.717) is 12.5 Å². The normalized spacial score (nSPS) is 11.3. The fourth-order valence-electron chi connectivity index (χ4n) is 2.00. The Morgan fingerprint density at radius 2 is 2.05 bits per heavy atom. The first kappa shape index (κ1) is 16.9. The van der Waals surface area contributed by atoms with E-state index in [2.05, 4.69) is 49.0 Å². The van der Waals surface area contributed by atoms with Crippen molar-refractivity contribution in [3.8, 4) is 5.88 Å². The first-order valence-electron chi connectivity index (χ1n) is 7.67. The highest BCUT2D eigenvalue weighted by atomic mass is 16.5. The number of pyridine rings is 1. The van der Waals surface area contributed by atoms with E-state index in [0.717, 1.165) is 44.2 Å². The Kier molecular flexibility index (Phi) is 8.23. The molecule has 0 amide bonds. The Morgan fingerprint density at radius 3 is 2.70 bits per heavy atom. The molecule has 0 spiro atoms. The van der Waals surface area contributed by atoms with Gasteiger partial charge in [-0.25, -0.2) is 4.98 Å². The molecule has 0 aliphatic heterocycles. The van der Waals surface area contributed by atoms with Gasteiger partial charge in [-0.2, -0.15) is 0 Å². The molecule has 114 valence electrons. The lowest BCUT2D eigenvalue weighted by Crippen LogP contribution is -2.28. The van der Waals surface area contributed by atoms with Crippen molar-refractivity contribution in [2.24, 2.45) is 5.92 Å². The molecular weight excluding hydrogens is 250 g/mol. The second-order valence-electron chi connectivity index (χ2n) is 5.37. The van der Waals surface area contributed by atoms with Crippen LogP contribution in [-0.4, -0.2) is 42.7 Å². The van der Waals surface area contributed by atoms with Gasteiger partial charge in [0.15, 0.2) is 0 Å². The van der Waals surface area contributed by atoms with Crippen molar-refractivity contribution in [3.05, 3.63) is 23.9 Å². The third kappa shape index (κ3) is 6.35. The second kappa shape index (κ2) is 9.72. The second-order valence-corrected chi connectivity index (χ2v) is 5.37. The van der Waals surface area contributed by atoms with Gasteiger partial charge in [0.2, 0.25) is 5.88 Å². The Bertz CT molecular complexity index is 364. The van der Waals surface area contributed by atoms with Crippen molar-refractivity contribution in [1.82, 2.24) is 15.2 Å². The molecular formula is C16H29N3O. The van der Waals surface area contributed by atoms with E-state index >= 15 is 0 Å². The molecule has 1 heterocycles. The maximum atomic E-state index is 5.84. The molecule has 20 heavy (non-hydrogen) atoms. The summed E-state index contributed by atoms with van der Waals surface area (Å²) in [5, 5.41) is 3.43. The van der Waals surface area contributed by atoms with E-state index in [-0.39, 0.29) is 0 Å². The monoisotopic (exact) mass is 279 g/mol. The highest BCUT2D eigenvalue weighted by Gasteiger charge is 2.06. The molecule has 4 nitrogen and oxygen atoms in total. The van der Waals surface area contributed by atoms with Crippen LogP contribution in [-0.2, 0) is 6.54 Å². The average molecular weight is 279 g/mol. The molecule has 1 N–H and O–H groups in total. The summed E-state index contributed by atoms with van der Waals surface area (Å²) >= 11 is 0. The van der Waals surface area contributed by atoms with Crippen molar-refractivity contribution in [2.45, 2.75) is 34.2 Å². The Labute approximate surface area is 123 Å². The summed E-state index contributed by atoms with van der Waals surface area (Å²) in [6, 6.07) is 4.04. The predicted molar refractivity (Wildman–Crippen MR) is 84.1 cm³/mol.